The summed E-state index contributed by atoms with van der Waals surface area (Å²) in [4.78, 5) is 12.2. The molecule has 2 heterocycles. The predicted octanol–water partition coefficient (Wildman–Crippen LogP) is 2.89. The number of hydrogen-bond donors (Lipinski definition) is 2. The Hall–Kier alpha value is -2.58. The van der Waals surface area contributed by atoms with E-state index in [0.29, 0.717) is 12.3 Å². The maximum absolute atomic E-state index is 12.2. The maximum Gasteiger partial charge on any atom is 0.226 e. The number of anilines is 1. The lowest BCUT2D eigenvalue weighted by Gasteiger charge is -2.24. The highest BCUT2D eigenvalue weighted by molar-refractivity contribution is 5.94. The summed E-state index contributed by atoms with van der Waals surface area (Å²) >= 11 is 0. The van der Waals surface area contributed by atoms with Gasteiger partial charge in [-0.1, -0.05) is 24.0 Å². The number of nitrogens with zero attached hydrogens (tertiary/aromatic N) is 2. The number of aromatic nitrogens is 2. The van der Waals surface area contributed by atoms with Crippen LogP contribution in [0.1, 0.15) is 55.7 Å². The van der Waals surface area contributed by atoms with Crippen LogP contribution in [-0.4, -0.2) is 26.4 Å². The van der Waals surface area contributed by atoms with Gasteiger partial charge in [0.1, 0.15) is 11.4 Å². The zero-order valence-corrected chi connectivity index (χ0v) is 15.1. The summed E-state index contributed by atoms with van der Waals surface area (Å²) in [6.45, 7) is 4.21. The Labute approximate surface area is 153 Å². The predicted molar refractivity (Wildman–Crippen MR) is 99.7 cm³/mol. The normalized spacial score (nSPS) is 19.3. The molecule has 2 N–H and O–H groups in total. The van der Waals surface area contributed by atoms with Gasteiger partial charge in [0.15, 0.2) is 0 Å². The molecule has 1 saturated carbocycles. The number of fused-ring (bicyclic) bond motifs is 1. The Balaban J connectivity index is 1.61. The highest BCUT2D eigenvalue weighted by Gasteiger charge is 2.31. The number of nitrogens with one attached hydrogen (secondary N) is 1. The molecule has 1 aliphatic carbocycles. The van der Waals surface area contributed by atoms with Crippen LogP contribution in [-0.2, 0) is 11.3 Å². The second kappa shape index (κ2) is 6.30. The minimum Gasteiger partial charge on any atom is -0.378 e. The molecule has 1 atom stereocenters. The molecule has 1 aromatic carbocycles. The third-order valence-corrected chi connectivity index (χ3v) is 4.84. The topological polar surface area (TPSA) is 67.2 Å². The lowest BCUT2D eigenvalue weighted by molar-refractivity contribution is -0.116. The van der Waals surface area contributed by atoms with Gasteiger partial charge in [0.2, 0.25) is 5.91 Å². The first-order valence-corrected chi connectivity index (χ1v) is 9.10. The first-order chi connectivity index (χ1) is 12.4. The minimum atomic E-state index is -1.01. The van der Waals surface area contributed by atoms with Crippen LogP contribution < -0.4 is 5.32 Å². The molecule has 1 aromatic heterocycles. The summed E-state index contributed by atoms with van der Waals surface area (Å²) in [5.74, 6) is 7.39. The van der Waals surface area contributed by atoms with E-state index in [1.165, 1.54) is 12.8 Å². The van der Waals surface area contributed by atoms with Gasteiger partial charge in [-0.15, -0.1) is 0 Å². The zero-order chi connectivity index (χ0) is 18.3. The molecule has 0 unspecified atom stereocenters. The van der Waals surface area contributed by atoms with E-state index >= 15 is 0 Å². The lowest BCUT2D eigenvalue weighted by Crippen LogP contribution is -2.25. The van der Waals surface area contributed by atoms with Gasteiger partial charge < -0.3 is 10.4 Å². The highest BCUT2D eigenvalue weighted by atomic mass is 16.3. The van der Waals surface area contributed by atoms with Gasteiger partial charge in [0.25, 0.3) is 0 Å². The van der Waals surface area contributed by atoms with Crippen LogP contribution in [0.3, 0.4) is 0 Å². The van der Waals surface area contributed by atoms with Crippen molar-refractivity contribution in [1.82, 2.24) is 9.78 Å². The zero-order valence-electron chi connectivity index (χ0n) is 15.1. The summed E-state index contributed by atoms with van der Waals surface area (Å²) in [5, 5.41) is 17.2. The van der Waals surface area contributed by atoms with E-state index in [2.05, 4.69) is 22.3 Å². The molecule has 0 bridgehead atoms. The molecule has 1 aliphatic heterocycles. The van der Waals surface area contributed by atoms with Crippen molar-refractivity contribution in [3.05, 3.63) is 47.2 Å². The van der Waals surface area contributed by atoms with Gasteiger partial charge in [-0.2, -0.15) is 5.10 Å². The van der Waals surface area contributed by atoms with E-state index in [-0.39, 0.29) is 11.8 Å². The van der Waals surface area contributed by atoms with E-state index in [1.54, 1.807) is 13.8 Å². The first-order valence-electron chi connectivity index (χ1n) is 9.10. The Morgan fingerprint density at radius 1 is 1.31 bits per heavy atom. The second-order valence-corrected chi connectivity index (χ2v) is 7.81. The SMILES string of the molecule is CC(C)(O)C#Cc1ccc([C@@H]2CC(=O)Nc3c2cnn3CC2CC2)cc1. The Morgan fingerprint density at radius 3 is 2.69 bits per heavy atom. The number of carbonyl (C=O) groups is 1. The van der Waals surface area contributed by atoms with Crippen LogP contribution >= 0.6 is 0 Å². The fraction of sp³-hybridized carbons (Fsp3) is 0.429. The maximum atomic E-state index is 12.2. The molecule has 5 heteroatoms. The molecule has 0 spiro atoms. The van der Waals surface area contributed by atoms with Crippen LogP contribution in [0, 0.1) is 17.8 Å². The number of carbonyl (C=O) groups excluding carboxylic acids is 1. The molecule has 5 nitrogen and oxygen atoms in total. The summed E-state index contributed by atoms with van der Waals surface area (Å²) in [5.41, 5.74) is 2.01. The first kappa shape index (κ1) is 16.9. The largest absolute Gasteiger partial charge is 0.378 e. The molecule has 1 fully saturated rings. The van der Waals surface area contributed by atoms with Gasteiger partial charge in [-0.05, 0) is 50.3 Å². The summed E-state index contributed by atoms with van der Waals surface area (Å²) < 4.78 is 1.94. The van der Waals surface area contributed by atoms with E-state index in [4.69, 9.17) is 0 Å². The van der Waals surface area contributed by atoms with Gasteiger partial charge in [-0.25, -0.2) is 4.68 Å². The van der Waals surface area contributed by atoms with Gasteiger partial charge in [-0.3, -0.25) is 4.79 Å². The van der Waals surface area contributed by atoms with Gasteiger partial charge in [0, 0.05) is 30.0 Å². The number of rotatable bonds is 3. The number of aliphatic hydroxyl groups is 1. The fourth-order valence-electron chi connectivity index (χ4n) is 3.27. The third kappa shape index (κ3) is 3.66. The summed E-state index contributed by atoms with van der Waals surface area (Å²) in [6, 6.07) is 7.91. The Bertz CT molecular complexity index is 890. The average molecular weight is 349 g/mol. The van der Waals surface area contributed by atoms with Crippen LogP contribution in [0.15, 0.2) is 30.5 Å². The number of amides is 1. The van der Waals surface area contributed by atoms with Crippen molar-refractivity contribution in [2.45, 2.75) is 51.2 Å². The van der Waals surface area contributed by atoms with Crippen molar-refractivity contribution < 1.29 is 9.90 Å². The van der Waals surface area contributed by atoms with Crippen LogP contribution in [0.25, 0.3) is 0 Å². The van der Waals surface area contributed by atoms with Crippen molar-refractivity contribution in [3.63, 3.8) is 0 Å². The van der Waals surface area contributed by atoms with Crippen molar-refractivity contribution in [3.8, 4) is 11.8 Å². The Morgan fingerprint density at radius 2 is 2.04 bits per heavy atom. The molecule has 2 aromatic rings. The monoisotopic (exact) mass is 349 g/mol. The molecule has 26 heavy (non-hydrogen) atoms. The van der Waals surface area contributed by atoms with Gasteiger partial charge in [0.05, 0.1) is 6.20 Å². The molecule has 0 saturated heterocycles. The van der Waals surface area contributed by atoms with Crippen molar-refractivity contribution in [1.29, 1.82) is 0 Å². The molecular weight excluding hydrogens is 326 g/mol. The molecule has 2 aliphatic rings. The standard InChI is InChI=1S/C21H23N3O2/c1-21(2,26)10-9-14-5-7-16(8-6-14)17-11-19(25)23-20-18(17)12-22-24(20)13-15-3-4-15/h5-8,12,15,17,26H,3-4,11,13H2,1-2H3,(H,23,25)/t17-/m0/s1. The number of hydrogen-bond acceptors (Lipinski definition) is 3. The quantitative estimate of drug-likeness (QED) is 0.838. The van der Waals surface area contributed by atoms with E-state index in [0.717, 1.165) is 29.1 Å². The lowest BCUT2D eigenvalue weighted by atomic mass is 9.87. The summed E-state index contributed by atoms with van der Waals surface area (Å²) in [7, 11) is 0. The molecule has 1 amide bonds. The van der Waals surface area contributed by atoms with Gasteiger partial charge >= 0.3 is 0 Å². The van der Waals surface area contributed by atoms with Crippen LogP contribution in [0.2, 0.25) is 0 Å². The highest BCUT2D eigenvalue weighted by Crippen LogP contribution is 2.39. The molecule has 4 rings (SSSR count). The molecule has 0 radical (unpaired) electrons. The number of benzene rings is 1. The fourth-order valence-corrected chi connectivity index (χ4v) is 3.27. The van der Waals surface area contributed by atoms with Crippen LogP contribution in [0.5, 0.6) is 0 Å². The van der Waals surface area contributed by atoms with E-state index < -0.39 is 5.60 Å². The smallest absolute Gasteiger partial charge is 0.226 e. The summed E-state index contributed by atoms with van der Waals surface area (Å²) in [6.07, 6.45) is 4.82. The van der Waals surface area contributed by atoms with E-state index in [1.807, 2.05) is 35.1 Å². The average Bonchev–Trinajstić information content (AvgIpc) is 3.32. The van der Waals surface area contributed by atoms with Crippen molar-refractivity contribution in [2.75, 3.05) is 5.32 Å². The molecular formula is C21H23N3O2. The second-order valence-electron chi connectivity index (χ2n) is 7.81. The minimum absolute atomic E-state index is 0.0167. The third-order valence-electron chi connectivity index (χ3n) is 4.84. The van der Waals surface area contributed by atoms with Crippen molar-refractivity contribution in [2.24, 2.45) is 5.92 Å². The Kier molecular flexibility index (Phi) is 4.08. The van der Waals surface area contributed by atoms with Crippen molar-refractivity contribution >= 4 is 11.7 Å². The van der Waals surface area contributed by atoms with E-state index in [9.17, 15) is 9.90 Å². The molecule has 134 valence electrons. The van der Waals surface area contributed by atoms with Crippen LogP contribution in [0.4, 0.5) is 5.82 Å².